The number of methoxy groups -OCH3 is 1. The van der Waals surface area contributed by atoms with Gasteiger partial charge in [-0.1, -0.05) is 0 Å². The van der Waals surface area contributed by atoms with Gasteiger partial charge < -0.3 is 14.7 Å². The van der Waals surface area contributed by atoms with E-state index in [0.29, 0.717) is 24.4 Å². The quantitative estimate of drug-likeness (QED) is 0.782. The van der Waals surface area contributed by atoms with Crippen LogP contribution in [0.2, 0.25) is 0 Å². The highest BCUT2D eigenvalue weighted by atomic mass is 16.5. The van der Waals surface area contributed by atoms with Crippen molar-refractivity contribution >= 4 is 11.6 Å². The summed E-state index contributed by atoms with van der Waals surface area (Å²) in [4.78, 5) is 13.4. The molecule has 1 aromatic rings. The van der Waals surface area contributed by atoms with Gasteiger partial charge in [-0.3, -0.25) is 4.79 Å². The number of aromatic hydroxyl groups is 1. The molecule has 0 bridgehead atoms. The Labute approximate surface area is 99.8 Å². The van der Waals surface area contributed by atoms with Crippen molar-refractivity contribution in [3.63, 3.8) is 0 Å². The molecule has 1 unspecified atom stereocenters. The number of hydrogen-bond acceptors (Lipinski definition) is 3. The number of anilines is 1. The first-order valence-corrected chi connectivity index (χ1v) is 5.29. The number of amides is 1. The molecule has 0 aliphatic carbocycles. The molecule has 4 nitrogen and oxygen atoms in total. The average Bonchev–Trinajstić information content (AvgIpc) is 2.71. The molecule has 88 valence electrons. The minimum atomic E-state index is -0.0395. The molecule has 0 saturated carbocycles. The zero-order chi connectivity index (χ0) is 12.4. The van der Waals surface area contributed by atoms with E-state index in [1.165, 1.54) is 13.2 Å². The summed E-state index contributed by atoms with van der Waals surface area (Å²) in [5.41, 5.74) is 0.697. The molecule has 1 fully saturated rings. The minimum absolute atomic E-state index is 0.000642. The SMILES string of the molecule is C#CC1CC(=O)N(c2ccc(O)c(OC)c2)C1. The summed E-state index contributed by atoms with van der Waals surface area (Å²) in [6, 6.07) is 4.81. The summed E-state index contributed by atoms with van der Waals surface area (Å²) in [5.74, 6) is 2.95. The molecule has 1 aliphatic heterocycles. The second-order valence-corrected chi connectivity index (χ2v) is 3.93. The molecule has 0 aromatic heterocycles. The van der Waals surface area contributed by atoms with Crippen LogP contribution in [0.15, 0.2) is 18.2 Å². The Kier molecular flexibility index (Phi) is 2.92. The van der Waals surface area contributed by atoms with Crippen LogP contribution in [0.3, 0.4) is 0 Å². The lowest BCUT2D eigenvalue weighted by molar-refractivity contribution is -0.117. The van der Waals surface area contributed by atoms with Gasteiger partial charge in [0.2, 0.25) is 5.91 Å². The predicted molar refractivity (Wildman–Crippen MR) is 64.0 cm³/mol. The number of terminal acetylenes is 1. The van der Waals surface area contributed by atoms with Gasteiger partial charge in [-0.15, -0.1) is 12.3 Å². The number of phenolic OH excluding ortho intramolecular Hbond substituents is 1. The lowest BCUT2D eigenvalue weighted by Gasteiger charge is -2.17. The van der Waals surface area contributed by atoms with Crippen LogP contribution >= 0.6 is 0 Å². The van der Waals surface area contributed by atoms with E-state index in [0.717, 1.165) is 0 Å². The Bertz CT molecular complexity index is 490. The van der Waals surface area contributed by atoms with E-state index in [1.807, 2.05) is 0 Å². The van der Waals surface area contributed by atoms with E-state index in [2.05, 4.69) is 5.92 Å². The molecule has 2 rings (SSSR count). The Balaban J connectivity index is 2.29. The van der Waals surface area contributed by atoms with Crippen LogP contribution in [0.1, 0.15) is 6.42 Å². The van der Waals surface area contributed by atoms with E-state index in [1.54, 1.807) is 17.0 Å². The highest BCUT2D eigenvalue weighted by Gasteiger charge is 2.29. The van der Waals surface area contributed by atoms with Gasteiger partial charge in [-0.2, -0.15) is 0 Å². The summed E-state index contributed by atoms with van der Waals surface area (Å²) in [7, 11) is 1.47. The van der Waals surface area contributed by atoms with Gasteiger partial charge in [0.05, 0.1) is 7.11 Å². The summed E-state index contributed by atoms with van der Waals surface area (Å²) in [5, 5.41) is 9.48. The fourth-order valence-corrected chi connectivity index (χ4v) is 1.90. The van der Waals surface area contributed by atoms with Crippen molar-refractivity contribution in [2.75, 3.05) is 18.6 Å². The van der Waals surface area contributed by atoms with Crippen molar-refractivity contribution < 1.29 is 14.6 Å². The smallest absolute Gasteiger partial charge is 0.228 e. The van der Waals surface area contributed by atoms with E-state index in [4.69, 9.17) is 11.2 Å². The predicted octanol–water partition coefficient (Wildman–Crippen LogP) is 1.39. The molecule has 0 spiro atoms. The van der Waals surface area contributed by atoms with Crippen molar-refractivity contribution in [1.82, 2.24) is 0 Å². The van der Waals surface area contributed by atoms with Crippen molar-refractivity contribution in [3.05, 3.63) is 18.2 Å². The highest BCUT2D eigenvalue weighted by molar-refractivity contribution is 5.96. The van der Waals surface area contributed by atoms with E-state index < -0.39 is 0 Å². The van der Waals surface area contributed by atoms with Gasteiger partial charge in [-0.25, -0.2) is 0 Å². The summed E-state index contributed by atoms with van der Waals surface area (Å²) in [6.07, 6.45) is 5.70. The Morgan fingerprint density at radius 2 is 2.35 bits per heavy atom. The van der Waals surface area contributed by atoms with Crippen molar-refractivity contribution in [2.45, 2.75) is 6.42 Å². The van der Waals surface area contributed by atoms with Crippen LogP contribution in [0.4, 0.5) is 5.69 Å². The topological polar surface area (TPSA) is 49.8 Å². The lowest BCUT2D eigenvalue weighted by Crippen LogP contribution is -2.24. The van der Waals surface area contributed by atoms with Crippen molar-refractivity contribution in [2.24, 2.45) is 5.92 Å². The van der Waals surface area contributed by atoms with Gasteiger partial charge in [0.25, 0.3) is 0 Å². The molecular formula is C13H13NO3. The molecular weight excluding hydrogens is 218 g/mol. The zero-order valence-electron chi connectivity index (χ0n) is 9.51. The minimum Gasteiger partial charge on any atom is -0.504 e. The number of benzene rings is 1. The second-order valence-electron chi connectivity index (χ2n) is 3.93. The molecule has 1 saturated heterocycles. The number of hydrogen-bond donors (Lipinski definition) is 1. The normalized spacial score (nSPS) is 19.2. The first kappa shape index (κ1) is 11.3. The van der Waals surface area contributed by atoms with Crippen LogP contribution in [-0.2, 0) is 4.79 Å². The largest absolute Gasteiger partial charge is 0.504 e. The number of phenols is 1. The number of carbonyl (C=O) groups is 1. The van der Waals surface area contributed by atoms with Crippen LogP contribution < -0.4 is 9.64 Å². The standard InChI is InChI=1S/C13H13NO3/c1-3-9-6-13(16)14(8-9)10-4-5-11(15)12(7-10)17-2/h1,4-5,7,9,15H,6,8H2,2H3. The number of nitrogens with zero attached hydrogens (tertiary/aromatic N) is 1. The third kappa shape index (κ3) is 2.04. The molecule has 1 atom stereocenters. The lowest BCUT2D eigenvalue weighted by atomic mass is 10.1. The maximum absolute atomic E-state index is 11.8. The Morgan fingerprint density at radius 3 is 2.94 bits per heavy atom. The zero-order valence-corrected chi connectivity index (χ0v) is 9.51. The molecule has 1 heterocycles. The van der Waals surface area contributed by atoms with E-state index >= 15 is 0 Å². The first-order chi connectivity index (χ1) is 8.15. The molecule has 4 heteroatoms. The maximum Gasteiger partial charge on any atom is 0.228 e. The third-order valence-electron chi connectivity index (χ3n) is 2.84. The third-order valence-corrected chi connectivity index (χ3v) is 2.84. The van der Waals surface area contributed by atoms with Gasteiger partial charge in [0.1, 0.15) is 0 Å². The monoisotopic (exact) mass is 231 g/mol. The van der Waals surface area contributed by atoms with Crippen LogP contribution in [0.5, 0.6) is 11.5 Å². The second kappa shape index (κ2) is 4.38. The van der Waals surface area contributed by atoms with Crippen LogP contribution in [-0.4, -0.2) is 24.7 Å². The van der Waals surface area contributed by atoms with Gasteiger partial charge in [0, 0.05) is 30.6 Å². The molecule has 1 aromatic carbocycles. The average molecular weight is 231 g/mol. The summed E-state index contributed by atoms with van der Waals surface area (Å²) >= 11 is 0. The van der Waals surface area contributed by atoms with Crippen molar-refractivity contribution in [3.8, 4) is 23.8 Å². The maximum atomic E-state index is 11.8. The number of rotatable bonds is 2. The number of ether oxygens (including phenoxy) is 1. The molecule has 1 N–H and O–H groups in total. The van der Waals surface area contributed by atoms with Crippen LogP contribution in [0, 0.1) is 18.3 Å². The molecule has 1 amide bonds. The van der Waals surface area contributed by atoms with Crippen LogP contribution in [0.25, 0.3) is 0 Å². The summed E-state index contributed by atoms with van der Waals surface area (Å²) < 4.78 is 5.01. The molecule has 0 radical (unpaired) electrons. The van der Waals surface area contributed by atoms with Crippen molar-refractivity contribution in [1.29, 1.82) is 0 Å². The van der Waals surface area contributed by atoms with Gasteiger partial charge >= 0.3 is 0 Å². The first-order valence-electron chi connectivity index (χ1n) is 5.29. The molecule has 17 heavy (non-hydrogen) atoms. The Hall–Kier alpha value is -2.15. The highest BCUT2D eigenvalue weighted by Crippen LogP contribution is 2.33. The van der Waals surface area contributed by atoms with Gasteiger partial charge in [0.15, 0.2) is 11.5 Å². The van der Waals surface area contributed by atoms with E-state index in [-0.39, 0.29) is 17.6 Å². The van der Waals surface area contributed by atoms with E-state index in [9.17, 15) is 9.90 Å². The number of carbonyl (C=O) groups excluding carboxylic acids is 1. The van der Waals surface area contributed by atoms with Gasteiger partial charge in [-0.05, 0) is 12.1 Å². The Morgan fingerprint density at radius 1 is 1.59 bits per heavy atom. The summed E-state index contributed by atoms with van der Waals surface area (Å²) in [6.45, 7) is 0.517. The fraction of sp³-hybridized carbons (Fsp3) is 0.308. The fourth-order valence-electron chi connectivity index (χ4n) is 1.90. The molecule has 1 aliphatic rings.